The van der Waals surface area contributed by atoms with Crippen molar-refractivity contribution in [2.24, 2.45) is 0 Å². The minimum Gasteiger partial charge on any atom is -0.341 e. The summed E-state index contributed by atoms with van der Waals surface area (Å²) in [6.07, 6.45) is 0. The van der Waals surface area contributed by atoms with E-state index in [0.29, 0.717) is 18.7 Å². The Bertz CT molecular complexity index is 789. The summed E-state index contributed by atoms with van der Waals surface area (Å²) in [5.74, 6) is -0.266. The molecule has 1 aliphatic rings. The summed E-state index contributed by atoms with van der Waals surface area (Å²) in [6, 6.07) is 16.3. The highest BCUT2D eigenvalue weighted by atomic mass is 35.5. The number of nitrogens with zero attached hydrogens (tertiary/aromatic N) is 2. The summed E-state index contributed by atoms with van der Waals surface area (Å²) in [5.41, 5.74) is 1.73. The Balaban J connectivity index is 1.48. The third-order valence-corrected chi connectivity index (χ3v) is 4.97. The Hall–Kier alpha value is -2.37. The highest BCUT2D eigenvalue weighted by molar-refractivity contribution is 6.30. The van der Waals surface area contributed by atoms with Crippen molar-refractivity contribution in [3.05, 3.63) is 70.7 Å². The highest BCUT2D eigenvalue weighted by Gasteiger charge is 2.26. The van der Waals surface area contributed by atoms with Crippen LogP contribution in [-0.2, 0) is 11.3 Å². The smallest absolute Gasteiger partial charge is 0.251 e. The van der Waals surface area contributed by atoms with Gasteiger partial charge in [-0.2, -0.15) is 0 Å². The second-order valence-corrected chi connectivity index (χ2v) is 7.23. The van der Waals surface area contributed by atoms with Gasteiger partial charge < -0.3 is 10.2 Å². The summed E-state index contributed by atoms with van der Waals surface area (Å²) < 4.78 is 0. The molecule has 0 aliphatic carbocycles. The molecule has 0 unspecified atom stereocenters. The van der Waals surface area contributed by atoms with Gasteiger partial charge in [-0.05, 0) is 36.8 Å². The van der Waals surface area contributed by atoms with Crippen LogP contribution in [-0.4, -0.2) is 53.8 Å². The zero-order chi connectivity index (χ0) is 19.2. The average Bonchev–Trinajstić information content (AvgIpc) is 2.68. The average molecular weight is 386 g/mol. The van der Waals surface area contributed by atoms with Gasteiger partial charge in [0.15, 0.2) is 0 Å². The highest BCUT2D eigenvalue weighted by Crippen LogP contribution is 2.14. The fraction of sp³-hybridized carbons (Fsp3) is 0.333. The summed E-state index contributed by atoms with van der Waals surface area (Å²) in [6.45, 7) is 5.48. The van der Waals surface area contributed by atoms with Gasteiger partial charge in [0.1, 0.15) is 6.04 Å². The van der Waals surface area contributed by atoms with E-state index in [0.717, 1.165) is 24.7 Å². The Morgan fingerprint density at radius 3 is 2.41 bits per heavy atom. The van der Waals surface area contributed by atoms with Crippen LogP contribution in [0.3, 0.4) is 0 Å². The van der Waals surface area contributed by atoms with E-state index in [2.05, 4.69) is 16.3 Å². The molecule has 0 radical (unpaired) electrons. The number of nitrogens with one attached hydrogen (secondary N) is 1. The molecule has 1 heterocycles. The fourth-order valence-corrected chi connectivity index (χ4v) is 3.44. The Morgan fingerprint density at radius 2 is 1.74 bits per heavy atom. The standard InChI is InChI=1S/C21H24ClN3O2/c1-16(23-20(26)18-7-3-2-4-8-18)21(27)25-12-10-24(11-13-25)15-17-6-5-9-19(22)14-17/h2-9,14,16H,10-13,15H2,1H3,(H,23,26)/t16-/m0/s1. The predicted octanol–water partition coefficient (Wildman–Crippen LogP) is 2.80. The molecule has 0 spiro atoms. The molecule has 142 valence electrons. The molecule has 1 saturated heterocycles. The van der Waals surface area contributed by atoms with Crippen molar-refractivity contribution in [1.82, 2.24) is 15.1 Å². The molecular weight excluding hydrogens is 362 g/mol. The molecule has 1 fully saturated rings. The first-order valence-electron chi connectivity index (χ1n) is 9.14. The lowest BCUT2D eigenvalue weighted by Gasteiger charge is -2.36. The molecule has 6 heteroatoms. The number of carbonyl (C=O) groups is 2. The van der Waals surface area contributed by atoms with Gasteiger partial charge in [0.2, 0.25) is 5.91 Å². The van der Waals surface area contributed by atoms with E-state index in [-0.39, 0.29) is 11.8 Å². The normalized spacial score (nSPS) is 16.0. The van der Waals surface area contributed by atoms with E-state index in [4.69, 9.17) is 11.6 Å². The monoisotopic (exact) mass is 385 g/mol. The lowest BCUT2D eigenvalue weighted by atomic mass is 10.1. The number of halogens is 1. The second-order valence-electron chi connectivity index (χ2n) is 6.79. The van der Waals surface area contributed by atoms with E-state index in [9.17, 15) is 9.59 Å². The number of amides is 2. The van der Waals surface area contributed by atoms with Crippen molar-refractivity contribution in [2.45, 2.75) is 19.5 Å². The zero-order valence-corrected chi connectivity index (χ0v) is 16.2. The van der Waals surface area contributed by atoms with E-state index in [1.165, 1.54) is 5.56 Å². The van der Waals surface area contributed by atoms with Crippen LogP contribution < -0.4 is 5.32 Å². The maximum atomic E-state index is 12.6. The SMILES string of the molecule is C[C@H](NC(=O)c1ccccc1)C(=O)N1CCN(Cc2cccc(Cl)c2)CC1. The van der Waals surface area contributed by atoms with Gasteiger partial charge in [-0.3, -0.25) is 14.5 Å². The van der Waals surface area contributed by atoms with Crippen LogP contribution in [0.2, 0.25) is 5.02 Å². The summed E-state index contributed by atoms with van der Waals surface area (Å²) in [7, 11) is 0. The number of hydrogen-bond acceptors (Lipinski definition) is 3. The Labute approximate surface area is 164 Å². The minimum absolute atomic E-state index is 0.0401. The summed E-state index contributed by atoms with van der Waals surface area (Å²) in [5, 5.41) is 3.53. The number of piperazine rings is 1. The molecule has 2 aromatic carbocycles. The number of benzene rings is 2. The van der Waals surface area contributed by atoms with Crippen LogP contribution in [0.5, 0.6) is 0 Å². The van der Waals surface area contributed by atoms with Crippen LogP contribution in [0, 0.1) is 0 Å². The van der Waals surface area contributed by atoms with Crippen LogP contribution in [0.4, 0.5) is 0 Å². The van der Waals surface area contributed by atoms with Crippen LogP contribution >= 0.6 is 11.6 Å². The summed E-state index contributed by atoms with van der Waals surface area (Å²) in [4.78, 5) is 29.0. The molecule has 0 bridgehead atoms. The Kier molecular flexibility index (Phi) is 6.48. The molecular formula is C21H24ClN3O2. The molecule has 0 aromatic heterocycles. The van der Waals surface area contributed by atoms with Gasteiger partial charge in [-0.15, -0.1) is 0 Å². The van der Waals surface area contributed by atoms with Crippen molar-refractivity contribution in [2.75, 3.05) is 26.2 Å². The zero-order valence-electron chi connectivity index (χ0n) is 15.4. The first kappa shape index (κ1) is 19.4. The number of hydrogen-bond donors (Lipinski definition) is 1. The number of carbonyl (C=O) groups excluding carboxylic acids is 2. The summed E-state index contributed by atoms with van der Waals surface area (Å²) >= 11 is 6.04. The topological polar surface area (TPSA) is 52.7 Å². The van der Waals surface area contributed by atoms with Gasteiger partial charge >= 0.3 is 0 Å². The fourth-order valence-electron chi connectivity index (χ4n) is 3.22. The van der Waals surface area contributed by atoms with Crippen LogP contribution in [0.15, 0.2) is 54.6 Å². The van der Waals surface area contributed by atoms with E-state index >= 15 is 0 Å². The van der Waals surface area contributed by atoms with Gasteiger partial charge in [-0.1, -0.05) is 41.9 Å². The van der Waals surface area contributed by atoms with Crippen LogP contribution in [0.1, 0.15) is 22.8 Å². The van der Waals surface area contributed by atoms with Gasteiger partial charge in [0.25, 0.3) is 5.91 Å². The van der Waals surface area contributed by atoms with Crippen molar-refractivity contribution in [3.63, 3.8) is 0 Å². The van der Waals surface area contributed by atoms with E-state index in [1.54, 1.807) is 31.2 Å². The molecule has 5 nitrogen and oxygen atoms in total. The van der Waals surface area contributed by atoms with Crippen molar-refractivity contribution >= 4 is 23.4 Å². The van der Waals surface area contributed by atoms with Gasteiger partial charge in [0, 0.05) is 43.3 Å². The molecule has 2 aromatic rings. The molecule has 1 N–H and O–H groups in total. The maximum absolute atomic E-state index is 12.6. The van der Waals surface area contributed by atoms with Crippen molar-refractivity contribution in [1.29, 1.82) is 0 Å². The first-order chi connectivity index (χ1) is 13.0. The van der Waals surface area contributed by atoms with E-state index in [1.807, 2.05) is 29.2 Å². The predicted molar refractivity (Wildman–Crippen MR) is 107 cm³/mol. The lowest BCUT2D eigenvalue weighted by Crippen LogP contribution is -2.53. The molecule has 2 amide bonds. The van der Waals surface area contributed by atoms with Gasteiger partial charge in [0.05, 0.1) is 0 Å². The van der Waals surface area contributed by atoms with E-state index < -0.39 is 6.04 Å². The van der Waals surface area contributed by atoms with Crippen molar-refractivity contribution in [3.8, 4) is 0 Å². The first-order valence-corrected chi connectivity index (χ1v) is 9.52. The third-order valence-electron chi connectivity index (χ3n) is 4.73. The largest absolute Gasteiger partial charge is 0.341 e. The third kappa shape index (κ3) is 5.31. The minimum atomic E-state index is -0.544. The molecule has 1 atom stereocenters. The maximum Gasteiger partial charge on any atom is 0.251 e. The molecule has 3 rings (SSSR count). The number of rotatable bonds is 5. The Morgan fingerprint density at radius 1 is 1.04 bits per heavy atom. The van der Waals surface area contributed by atoms with Crippen molar-refractivity contribution < 1.29 is 9.59 Å². The van der Waals surface area contributed by atoms with Crippen LogP contribution in [0.25, 0.3) is 0 Å². The lowest BCUT2D eigenvalue weighted by molar-refractivity contribution is -0.134. The molecule has 0 saturated carbocycles. The quantitative estimate of drug-likeness (QED) is 0.861. The second kappa shape index (κ2) is 9.02. The van der Waals surface area contributed by atoms with Gasteiger partial charge in [-0.25, -0.2) is 0 Å². The molecule has 27 heavy (non-hydrogen) atoms. The molecule has 1 aliphatic heterocycles.